The molecule has 9 heteroatoms. The molecule has 17 heavy (non-hydrogen) atoms. The van der Waals surface area contributed by atoms with Crippen LogP contribution in [0.2, 0.25) is 5.02 Å². The molecule has 0 bridgehead atoms. The monoisotopic (exact) mass is 292 g/mol. The summed E-state index contributed by atoms with van der Waals surface area (Å²) in [5, 5.41) is -0.0859. The molecule has 0 aliphatic rings. The minimum Gasteiger partial charge on any atom is -0.257 e. The SMILES string of the molecule is O=S(=O)(OCC(F)(F)F)c1ccc(Cl)cc1F. The molecule has 0 aromatic heterocycles. The zero-order valence-electron chi connectivity index (χ0n) is 7.96. The molecule has 0 atom stereocenters. The van der Waals surface area contributed by atoms with Gasteiger partial charge in [-0.25, -0.2) is 4.39 Å². The Morgan fingerprint density at radius 2 is 1.88 bits per heavy atom. The van der Waals surface area contributed by atoms with Gasteiger partial charge in [0.1, 0.15) is 10.7 Å². The molecular formula is C8H5ClF4O3S. The molecule has 0 spiro atoms. The number of benzene rings is 1. The molecule has 1 aromatic rings. The van der Waals surface area contributed by atoms with Crippen molar-refractivity contribution in [1.82, 2.24) is 0 Å². The van der Waals surface area contributed by atoms with E-state index in [1.165, 1.54) is 0 Å². The average molecular weight is 293 g/mol. The van der Waals surface area contributed by atoms with Crippen molar-refractivity contribution in [1.29, 1.82) is 0 Å². The molecule has 0 unspecified atom stereocenters. The van der Waals surface area contributed by atoms with Gasteiger partial charge in [-0.1, -0.05) is 11.6 Å². The second kappa shape index (κ2) is 4.79. The smallest absolute Gasteiger partial charge is 0.257 e. The Labute approximate surface area is 99.1 Å². The summed E-state index contributed by atoms with van der Waals surface area (Å²) in [7, 11) is -4.79. The van der Waals surface area contributed by atoms with Gasteiger partial charge >= 0.3 is 6.18 Å². The minimum atomic E-state index is -4.82. The Hall–Kier alpha value is -0.860. The number of alkyl halides is 3. The van der Waals surface area contributed by atoms with E-state index in [9.17, 15) is 26.0 Å². The summed E-state index contributed by atoms with van der Waals surface area (Å²) in [4.78, 5) is -0.994. The Morgan fingerprint density at radius 1 is 1.29 bits per heavy atom. The fourth-order valence-corrected chi connectivity index (χ4v) is 1.99. The summed E-state index contributed by atoms with van der Waals surface area (Å²) in [6, 6.07) is 2.41. The third-order valence-electron chi connectivity index (χ3n) is 1.54. The normalized spacial score (nSPS) is 12.8. The predicted molar refractivity (Wildman–Crippen MR) is 50.6 cm³/mol. The van der Waals surface area contributed by atoms with Crippen molar-refractivity contribution in [3.8, 4) is 0 Å². The molecule has 0 N–H and O–H groups in total. The lowest BCUT2D eigenvalue weighted by Crippen LogP contribution is -2.21. The van der Waals surface area contributed by atoms with Gasteiger partial charge < -0.3 is 0 Å². The number of halogens is 5. The van der Waals surface area contributed by atoms with E-state index in [0.29, 0.717) is 6.07 Å². The second-order valence-corrected chi connectivity index (χ2v) is 4.93. The quantitative estimate of drug-likeness (QED) is 0.635. The average Bonchev–Trinajstić information content (AvgIpc) is 2.13. The molecule has 1 aromatic carbocycles. The van der Waals surface area contributed by atoms with Crippen LogP contribution in [-0.4, -0.2) is 21.2 Å². The Bertz CT molecular complexity index is 512. The number of rotatable bonds is 3. The Morgan fingerprint density at radius 3 is 2.35 bits per heavy atom. The fraction of sp³-hybridized carbons (Fsp3) is 0.250. The Kier molecular flexibility index (Phi) is 4.00. The van der Waals surface area contributed by atoms with Gasteiger partial charge in [0.2, 0.25) is 0 Å². The molecule has 3 nitrogen and oxygen atoms in total. The van der Waals surface area contributed by atoms with Crippen LogP contribution in [0.5, 0.6) is 0 Å². The van der Waals surface area contributed by atoms with Crippen molar-refractivity contribution >= 4 is 21.7 Å². The highest BCUT2D eigenvalue weighted by atomic mass is 35.5. The summed E-state index contributed by atoms with van der Waals surface area (Å²) in [5.74, 6) is -1.28. The van der Waals surface area contributed by atoms with E-state index in [1.54, 1.807) is 0 Å². The third-order valence-corrected chi connectivity index (χ3v) is 3.07. The highest BCUT2D eigenvalue weighted by Crippen LogP contribution is 2.23. The highest BCUT2D eigenvalue weighted by Gasteiger charge is 2.32. The van der Waals surface area contributed by atoms with Crippen LogP contribution < -0.4 is 0 Å². The van der Waals surface area contributed by atoms with E-state index in [0.717, 1.165) is 12.1 Å². The van der Waals surface area contributed by atoms with Crippen LogP contribution in [-0.2, 0) is 14.3 Å². The lowest BCUT2D eigenvalue weighted by atomic mass is 10.3. The van der Waals surface area contributed by atoms with E-state index >= 15 is 0 Å². The molecule has 0 fully saturated rings. The van der Waals surface area contributed by atoms with Gasteiger partial charge in [0.05, 0.1) is 0 Å². The molecule has 1 rings (SSSR count). The maximum absolute atomic E-state index is 13.1. The van der Waals surface area contributed by atoms with Crippen molar-refractivity contribution in [2.75, 3.05) is 6.61 Å². The van der Waals surface area contributed by atoms with Crippen molar-refractivity contribution < 1.29 is 30.2 Å². The van der Waals surface area contributed by atoms with Gasteiger partial charge in [-0.2, -0.15) is 21.6 Å². The molecule has 0 saturated carbocycles. The van der Waals surface area contributed by atoms with Crippen LogP contribution in [0.1, 0.15) is 0 Å². The first-order chi connectivity index (χ1) is 7.62. The van der Waals surface area contributed by atoms with E-state index < -0.39 is 33.6 Å². The predicted octanol–water partition coefficient (Wildman–Crippen LogP) is 2.75. The number of hydrogen-bond donors (Lipinski definition) is 0. The minimum absolute atomic E-state index is 0.0859. The lowest BCUT2D eigenvalue weighted by Gasteiger charge is -2.08. The lowest BCUT2D eigenvalue weighted by molar-refractivity contribution is -0.152. The first-order valence-electron chi connectivity index (χ1n) is 4.03. The van der Waals surface area contributed by atoms with Gasteiger partial charge in [-0.3, -0.25) is 4.18 Å². The molecule has 96 valence electrons. The van der Waals surface area contributed by atoms with E-state index in [4.69, 9.17) is 11.6 Å². The van der Waals surface area contributed by atoms with Crippen LogP contribution in [0.3, 0.4) is 0 Å². The van der Waals surface area contributed by atoms with Crippen molar-refractivity contribution in [3.63, 3.8) is 0 Å². The van der Waals surface area contributed by atoms with Crippen LogP contribution in [0.4, 0.5) is 17.6 Å². The molecule has 0 amide bonds. The van der Waals surface area contributed by atoms with Crippen LogP contribution >= 0.6 is 11.6 Å². The third kappa shape index (κ3) is 4.14. The Balaban J connectivity index is 2.98. The fourth-order valence-electron chi connectivity index (χ4n) is 0.886. The molecule has 0 radical (unpaired) electrons. The summed E-state index contributed by atoms with van der Waals surface area (Å²) in [6.45, 7) is -2.02. The summed E-state index contributed by atoms with van der Waals surface area (Å²) in [6.07, 6.45) is -4.82. The molecule has 0 heterocycles. The van der Waals surface area contributed by atoms with Crippen molar-refractivity contribution in [3.05, 3.63) is 29.0 Å². The van der Waals surface area contributed by atoms with Crippen molar-refractivity contribution in [2.24, 2.45) is 0 Å². The summed E-state index contributed by atoms with van der Waals surface area (Å²) < 4.78 is 74.5. The molecule has 0 aliphatic heterocycles. The summed E-state index contributed by atoms with van der Waals surface area (Å²) in [5.41, 5.74) is 0. The largest absolute Gasteiger partial charge is 0.413 e. The zero-order valence-corrected chi connectivity index (χ0v) is 9.53. The standard InChI is InChI=1S/C8H5ClF4O3S/c9-5-1-2-7(6(10)3-5)17(14,15)16-4-8(11,12)13/h1-3H,4H2. The first kappa shape index (κ1) is 14.2. The van der Waals surface area contributed by atoms with Crippen LogP contribution in [0.15, 0.2) is 23.1 Å². The van der Waals surface area contributed by atoms with Crippen LogP contribution in [0, 0.1) is 5.82 Å². The van der Waals surface area contributed by atoms with Gasteiger partial charge in [-0.05, 0) is 18.2 Å². The highest BCUT2D eigenvalue weighted by molar-refractivity contribution is 7.86. The maximum atomic E-state index is 13.1. The van der Waals surface area contributed by atoms with Gasteiger partial charge in [-0.15, -0.1) is 0 Å². The van der Waals surface area contributed by atoms with Gasteiger partial charge in [0.15, 0.2) is 6.61 Å². The van der Waals surface area contributed by atoms with E-state index in [-0.39, 0.29) is 5.02 Å². The van der Waals surface area contributed by atoms with Crippen LogP contribution in [0.25, 0.3) is 0 Å². The van der Waals surface area contributed by atoms with E-state index in [1.807, 2.05) is 0 Å². The van der Waals surface area contributed by atoms with Crippen molar-refractivity contribution in [2.45, 2.75) is 11.1 Å². The van der Waals surface area contributed by atoms with Gasteiger partial charge in [0.25, 0.3) is 10.1 Å². The van der Waals surface area contributed by atoms with Gasteiger partial charge in [0, 0.05) is 5.02 Å². The maximum Gasteiger partial charge on any atom is 0.413 e. The molecule has 0 saturated heterocycles. The zero-order chi connectivity index (χ0) is 13.3. The first-order valence-corrected chi connectivity index (χ1v) is 5.82. The molecule has 0 aliphatic carbocycles. The van der Waals surface area contributed by atoms with E-state index in [2.05, 4.69) is 4.18 Å². The summed E-state index contributed by atoms with van der Waals surface area (Å²) >= 11 is 5.36. The second-order valence-electron chi connectivity index (χ2n) is 2.91. The number of hydrogen-bond acceptors (Lipinski definition) is 3. The topological polar surface area (TPSA) is 43.4 Å². The molecular weight excluding hydrogens is 288 g/mol.